The van der Waals surface area contributed by atoms with Gasteiger partial charge in [-0.05, 0) is 37.3 Å². The highest BCUT2D eigenvalue weighted by molar-refractivity contribution is 5.45. The predicted octanol–water partition coefficient (Wildman–Crippen LogP) is 3.43. The van der Waals surface area contributed by atoms with Gasteiger partial charge in [-0.3, -0.25) is 0 Å². The number of anilines is 1. The van der Waals surface area contributed by atoms with E-state index >= 15 is 0 Å². The molecule has 2 heteroatoms. The zero-order chi connectivity index (χ0) is 9.97. The monoisotopic (exact) mass is 193 g/mol. The first-order valence-electron chi connectivity index (χ1n) is 5.27. The van der Waals surface area contributed by atoms with Crippen LogP contribution in [0.2, 0.25) is 0 Å². The number of hydrogen-bond acceptors (Lipinski definition) is 1. The lowest BCUT2D eigenvalue weighted by Crippen LogP contribution is -2.16. The number of para-hydroxylation sites is 1. The van der Waals surface area contributed by atoms with Crippen molar-refractivity contribution >= 4 is 5.69 Å². The largest absolute Gasteiger partial charge is 0.380 e. The zero-order valence-corrected chi connectivity index (χ0v) is 8.46. The number of rotatable bonds is 2. The minimum absolute atomic E-state index is 0.146. The lowest BCUT2D eigenvalue weighted by molar-refractivity contribution is 0.597. The molecule has 0 amide bonds. The van der Waals surface area contributed by atoms with Gasteiger partial charge in [0.2, 0.25) is 0 Å². The third-order valence-electron chi connectivity index (χ3n) is 2.93. The van der Waals surface area contributed by atoms with Crippen LogP contribution in [0.25, 0.3) is 0 Å². The number of halogens is 1. The summed E-state index contributed by atoms with van der Waals surface area (Å²) in [5.74, 6) is 0.631. The molecule has 0 bridgehead atoms. The third-order valence-corrected chi connectivity index (χ3v) is 2.93. The van der Waals surface area contributed by atoms with Gasteiger partial charge in [0.05, 0.1) is 5.69 Å². The fraction of sp³-hybridized carbons (Fsp3) is 0.500. The van der Waals surface area contributed by atoms with E-state index in [0.29, 0.717) is 11.7 Å². The van der Waals surface area contributed by atoms with Crippen molar-refractivity contribution in [3.63, 3.8) is 0 Å². The van der Waals surface area contributed by atoms with Crippen molar-refractivity contribution in [3.05, 3.63) is 30.1 Å². The maximum absolute atomic E-state index is 13.3. The van der Waals surface area contributed by atoms with E-state index in [-0.39, 0.29) is 5.82 Å². The average Bonchev–Trinajstić information content (AvgIpc) is 2.56. The molecule has 2 unspecified atom stereocenters. The molecule has 0 aliphatic heterocycles. The van der Waals surface area contributed by atoms with Gasteiger partial charge in [0.15, 0.2) is 0 Å². The van der Waals surface area contributed by atoms with E-state index < -0.39 is 0 Å². The van der Waals surface area contributed by atoms with Gasteiger partial charge in [-0.2, -0.15) is 0 Å². The van der Waals surface area contributed by atoms with Crippen LogP contribution in [0.15, 0.2) is 24.3 Å². The second-order valence-corrected chi connectivity index (χ2v) is 4.24. The predicted molar refractivity (Wildman–Crippen MR) is 56.8 cm³/mol. The summed E-state index contributed by atoms with van der Waals surface area (Å²) >= 11 is 0. The Morgan fingerprint density at radius 2 is 2.07 bits per heavy atom. The maximum Gasteiger partial charge on any atom is 0.146 e. The van der Waals surface area contributed by atoms with E-state index in [2.05, 4.69) is 12.2 Å². The molecule has 14 heavy (non-hydrogen) atoms. The van der Waals surface area contributed by atoms with Gasteiger partial charge in [0, 0.05) is 6.04 Å². The molecular formula is C12H16FN. The molecule has 0 spiro atoms. The van der Waals surface area contributed by atoms with Crippen LogP contribution in [-0.2, 0) is 0 Å². The molecule has 76 valence electrons. The van der Waals surface area contributed by atoms with Crippen molar-refractivity contribution in [2.75, 3.05) is 5.32 Å². The van der Waals surface area contributed by atoms with Crippen molar-refractivity contribution in [1.29, 1.82) is 0 Å². The van der Waals surface area contributed by atoms with Crippen molar-refractivity contribution in [2.45, 2.75) is 32.2 Å². The molecule has 1 aliphatic carbocycles. The van der Waals surface area contributed by atoms with Gasteiger partial charge in [-0.15, -0.1) is 0 Å². The van der Waals surface area contributed by atoms with E-state index in [4.69, 9.17) is 0 Å². The molecule has 0 heterocycles. The molecule has 2 rings (SSSR count). The van der Waals surface area contributed by atoms with Gasteiger partial charge in [-0.1, -0.05) is 19.1 Å². The fourth-order valence-corrected chi connectivity index (χ4v) is 2.14. The summed E-state index contributed by atoms with van der Waals surface area (Å²) in [5.41, 5.74) is 0.645. The van der Waals surface area contributed by atoms with E-state index in [0.717, 1.165) is 18.8 Å². The molecule has 2 atom stereocenters. The summed E-state index contributed by atoms with van der Waals surface area (Å²) in [5, 5.41) is 3.26. The Morgan fingerprint density at radius 1 is 1.29 bits per heavy atom. The van der Waals surface area contributed by atoms with E-state index in [1.165, 1.54) is 12.5 Å². The molecule has 1 aromatic rings. The minimum atomic E-state index is -0.146. The topological polar surface area (TPSA) is 12.0 Å². The van der Waals surface area contributed by atoms with Gasteiger partial charge in [0.25, 0.3) is 0 Å². The Hall–Kier alpha value is -1.05. The van der Waals surface area contributed by atoms with Gasteiger partial charge in [0.1, 0.15) is 5.82 Å². The SMILES string of the molecule is CC1CCC(Nc2ccccc2F)C1. The van der Waals surface area contributed by atoms with Crippen LogP contribution in [0, 0.1) is 11.7 Å². The van der Waals surface area contributed by atoms with Crippen LogP contribution < -0.4 is 5.32 Å². The normalized spacial score (nSPS) is 26.4. The van der Waals surface area contributed by atoms with E-state index in [9.17, 15) is 4.39 Å². The number of hydrogen-bond donors (Lipinski definition) is 1. The van der Waals surface area contributed by atoms with Crippen LogP contribution in [-0.4, -0.2) is 6.04 Å². The standard InChI is InChI=1S/C12H16FN/c1-9-6-7-10(8-9)14-12-5-3-2-4-11(12)13/h2-5,9-10,14H,6-8H2,1H3. The second-order valence-electron chi connectivity index (χ2n) is 4.24. The molecule has 1 aliphatic rings. The smallest absolute Gasteiger partial charge is 0.146 e. The molecule has 0 aromatic heterocycles. The highest BCUT2D eigenvalue weighted by atomic mass is 19.1. The van der Waals surface area contributed by atoms with Crippen LogP contribution >= 0.6 is 0 Å². The van der Waals surface area contributed by atoms with Gasteiger partial charge < -0.3 is 5.32 Å². The number of nitrogens with one attached hydrogen (secondary N) is 1. The average molecular weight is 193 g/mol. The van der Waals surface area contributed by atoms with Crippen molar-refractivity contribution in [3.8, 4) is 0 Å². The molecule has 1 aromatic carbocycles. The van der Waals surface area contributed by atoms with Crippen LogP contribution in [0.3, 0.4) is 0 Å². The first kappa shape index (κ1) is 9.50. The summed E-state index contributed by atoms with van der Waals surface area (Å²) in [4.78, 5) is 0. The second kappa shape index (κ2) is 3.99. The van der Waals surface area contributed by atoms with Crippen LogP contribution in [0.5, 0.6) is 0 Å². The molecule has 1 nitrogen and oxygen atoms in total. The minimum Gasteiger partial charge on any atom is -0.380 e. The Morgan fingerprint density at radius 3 is 2.71 bits per heavy atom. The molecular weight excluding hydrogens is 177 g/mol. The van der Waals surface area contributed by atoms with Crippen LogP contribution in [0.1, 0.15) is 26.2 Å². The molecule has 0 saturated heterocycles. The summed E-state index contributed by atoms with van der Waals surface area (Å²) < 4.78 is 13.3. The first-order valence-corrected chi connectivity index (χ1v) is 5.27. The summed E-state index contributed by atoms with van der Waals surface area (Å²) in [6.07, 6.45) is 3.58. The lowest BCUT2D eigenvalue weighted by atomic mass is 10.1. The Bertz CT molecular complexity index is 311. The molecule has 0 radical (unpaired) electrons. The zero-order valence-electron chi connectivity index (χ0n) is 8.46. The fourth-order valence-electron chi connectivity index (χ4n) is 2.14. The highest BCUT2D eigenvalue weighted by Crippen LogP contribution is 2.28. The number of benzene rings is 1. The summed E-state index contributed by atoms with van der Waals surface area (Å²) in [7, 11) is 0. The Labute approximate surface area is 84.3 Å². The van der Waals surface area contributed by atoms with Crippen molar-refractivity contribution < 1.29 is 4.39 Å². The molecule has 1 fully saturated rings. The third kappa shape index (κ3) is 2.06. The van der Waals surface area contributed by atoms with Crippen molar-refractivity contribution in [2.24, 2.45) is 5.92 Å². The quantitative estimate of drug-likeness (QED) is 0.758. The molecule has 1 saturated carbocycles. The first-order chi connectivity index (χ1) is 6.75. The van der Waals surface area contributed by atoms with E-state index in [1.807, 2.05) is 6.07 Å². The lowest BCUT2D eigenvalue weighted by Gasteiger charge is -2.14. The van der Waals surface area contributed by atoms with Crippen molar-refractivity contribution in [1.82, 2.24) is 0 Å². The summed E-state index contributed by atoms with van der Waals surface area (Å²) in [6, 6.07) is 7.35. The molecule has 1 N–H and O–H groups in total. The Balaban J connectivity index is 2.01. The van der Waals surface area contributed by atoms with E-state index in [1.54, 1.807) is 12.1 Å². The highest BCUT2D eigenvalue weighted by Gasteiger charge is 2.21. The Kier molecular flexibility index (Phi) is 2.71. The van der Waals surface area contributed by atoms with Gasteiger partial charge >= 0.3 is 0 Å². The summed E-state index contributed by atoms with van der Waals surface area (Å²) in [6.45, 7) is 2.25. The van der Waals surface area contributed by atoms with Gasteiger partial charge in [-0.25, -0.2) is 4.39 Å². The van der Waals surface area contributed by atoms with Crippen LogP contribution in [0.4, 0.5) is 10.1 Å². The maximum atomic E-state index is 13.3.